The fourth-order valence-electron chi connectivity index (χ4n) is 5.81. The number of anilines is 1. The summed E-state index contributed by atoms with van der Waals surface area (Å²) in [5.74, 6) is 0.112. The molecule has 2 aliphatic rings. The molecule has 2 N–H and O–H groups in total. The molecule has 0 radical (unpaired) electrons. The Morgan fingerprint density at radius 2 is 1.85 bits per heavy atom. The van der Waals surface area contributed by atoms with Gasteiger partial charge in [-0.05, 0) is 50.2 Å². The van der Waals surface area contributed by atoms with Gasteiger partial charge in [0, 0.05) is 32.1 Å². The number of nitrogens with one attached hydrogen (secondary N) is 1. The van der Waals surface area contributed by atoms with Gasteiger partial charge < -0.3 is 24.7 Å². The minimum absolute atomic E-state index is 0.0734. The number of aromatic nitrogens is 2. The predicted octanol–water partition coefficient (Wildman–Crippen LogP) is 4.68. The zero-order valence-corrected chi connectivity index (χ0v) is 24.5. The highest BCUT2D eigenvalue weighted by atomic mass is 32.1. The van der Waals surface area contributed by atoms with Crippen molar-refractivity contribution in [3.63, 3.8) is 0 Å². The third kappa shape index (κ3) is 5.93. The van der Waals surface area contributed by atoms with Gasteiger partial charge in [-0.15, -0.1) is 11.3 Å². The third-order valence-corrected chi connectivity index (χ3v) is 9.05. The molecule has 10 heteroatoms. The summed E-state index contributed by atoms with van der Waals surface area (Å²) in [6.07, 6.45) is 2.89. The molecular formula is C30H39N5O4S. The van der Waals surface area contributed by atoms with Crippen molar-refractivity contribution < 1.29 is 19.2 Å². The van der Waals surface area contributed by atoms with Crippen LogP contribution < -0.4 is 10.2 Å². The first-order chi connectivity index (χ1) is 19.2. The maximum Gasteiger partial charge on any atom is 0.243 e. The van der Waals surface area contributed by atoms with E-state index in [4.69, 9.17) is 4.52 Å². The second-order valence-electron chi connectivity index (χ2n) is 11.4. The standard InChI is InChI=1S/C30H39N5O4S/c1-18(2)27(25-15-26(33-39-25)34-12-6-5-7-13-34)30(38)35-16-23(36)14-24(35)29(37)32-19(3)21-8-10-22(11-9-21)28-20(4)31-17-40-28/h8-11,15,17-19,23-24,27,36H,5-7,12-14,16H2,1-4H3,(H,32,37). The summed E-state index contributed by atoms with van der Waals surface area (Å²) in [4.78, 5) is 36.5. The van der Waals surface area contributed by atoms with E-state index in [1.54, 1.807) is 11.3 Å². The molecule has 2 aromatic heterocycles. The highest BCUT2D eigenvalue weighted by Crippen LogP contribution is 2.33. The average molecular weight is 566 g/mol. The molecule has 3 aromatic rings. The lowest BCUT2D eigenvalue weighted by Gasteiger charge is -2.29. The van der Waals surface area contributed by atoms with Crippen molar-refractivity contribution in [2.45, 2.75) is 77.5 Å². The van der Waals surface area contributed by atoms with Crippen molar-refractivity contribution in [2.24, 2.45) is 5.92 Å². The van der Waals surface area contributed by atoms with E-state index in [0.717, 1.165) is 53.4 Å². The first kappa shape index (κ1) is 28.3. The lowest BCUT2D eigenvalue weighted by molar-refractivity contribution is -0.141. The van der Waals surface area contributed by atoms with E-state index >= 15 is 0 Å². The van der Waals surface area contributed by atoms with Crippen LogP contribution in [0.3, 0.4) is 0 Å². The number of piperidine rings is 1. The number of rotatable bonds is 8. The van der Waals surface area contributed by atoms with Gasteiger partial charge >= 0.3 is 0 Å². The second kappa shape index (κ2) is 12.1. The van der Waals surface area contributed by atoms with Crippen LogP contribution in [0.15, 0.2) is 40.4 Å². The molecule has 2 aliphatic heterocycles. The van der Waals surface area contributed by atoms with Crippen molar-refractivity contribution in [1.29, 1.82) is 0 Å². The summed E-state index contributed by atoms with van der Waals surface area (Å²) in [6.45, 7) is 9.82. The number of hydrogen-bond acceptors (Lipinski definition) is 8. The summed E-state index contributed by atoms with van der Waals surface area (Å²) in [5, 5.41) is 17.8. The van der Waals surface area contributed by atoms with Gasteiger partial charge in [-0.3, -0.25) is 9.59 Å². The molecule has 0 spiro atoms. The summed E-state index contributed by atoms with van der Waals surface area (Å²) in [6, 6.07) is 8.94. The second-order valence-corrected chi connectivity index (χ2v) is 12.2. The summed E-state index contributed by atoms with van der Waals surface area (Å²) in [7, 11) is 0. The van der Waals surface area contributed by atoms with Gasteiger partial charge in [0.2, 0.25) is 11.8 Å². The number of aryl methyl sites for hydroxylation is 1. The molecular weight excluding hydrogens is 526 g/mol. The van der Waals surface area contributed by atoms with Gasteiger partial charge in [0.1, 0.15) is 12.0 Å². The molecule has 9 nitrogen and oxygen atoms in total. The number of hydrogen-bond donors (Lipinski definition) is 2. The van der Waals surface area contributed by atoms with Crippen LogP contribution in [0, 0.1) is 12.8 Å². The lowest BCUT2D eigenvalue weighted by Crippen LogP contribution is -2.48. The Morgan fingerprint density at radius 3 is 2.50 bits per heavy atom. The number of aliphatic hydroxyl groups is 1. The molecule has 5 rings (SSSR count). The van der Waals surface area contributed by atoms with Crippen molar-refractivity contribution in [2.75, 3.05) is 24.5 Å². The zero-order valence-electron chi connectivity index (χ0n) is 23.7. The van der Waals surface area contributed by atoms with E-state index in [1.165, 1.54) is 11.3 Å². The Balaban J connectivity index is 1.28. The lowest BCUT2D eigenvalue weighted by atomic mass is 9.91. The number of carbonyl (C=O) groups is 2. The number of benzene rings is 1. The van der Waals surface area contributed by atoms with Gasteiger partial charge in [0.15, 0.2) is 11.6 Å². The van der Waals surface area contributed by atoms with Crippen molar-refractivity contribution in [3.8, 4) is 10.4 Å². The van der Waals surface area contributed by atoms with E-state index in [-0.39, 0.29) is 36.7 Å². The fourth-order valence-corrected chi connectivity index (χ4v) is 6.62. The van der Waals surface area contributed by atoms with E-state index in [2.05, 4.69) is 20.4 Å². The number of amides is 2. The molecule has 0 saturated carbocycles. The van der Waals surface area contributed by atoms with Crippen molar-refractivity contribution >= 4 is 29.0 Å². The quantitative estimate of drug-likeness (QED) is 0.408. The molecule has 4 heterocycles. The molecule has 40 heavy (non-hydrogen) atoms. The van der Waals surface area contributed by atoms with Crippen LogP contribution in [-0.2, 0) is 9.59 Å². The van der Waals surface area contributed by atoms with E-state index in [9.17, 15) is 14.7 Å². The van der Waals surface area contributed by atoms with E-state index in [0.29, 0.717) is 5.76 Å². The minimum Gasteiger partial charge on any atom is -0.391 e. The van der Waals surface area contributed by atoms with Crippen molar-refractivity contribution in [1.82, 2.24) is 20.4 Å². The highest BCUT2D eigenvalue weighted by Gasteiger charge is 2.43. The molecule has 4 unspecified atom stereocenters. The van der Waals surface area contributed by atoms with Gasteiger partial charge in [0.05, 0.1) is 28.2 Å². The third-order valence-electron chi connectivity index (χ3n) is 8.08. The normalized spacial score (nSPS) is 21.1. The molecule has 2 fully saturated rings. The molecule has 1 aromatic carbocycles. The summed E-state index contributed by atoms with van der Waals surface area (Å²) >= 11 is 1.60. The van der Waals surface area contributed by atoms with Crippen LogP contribution in [0.5, 0.6) is 0 Å². The van der Waals surface area contributed by atoms with E-state index < -0.39 is 18.1 Å². The molecule has 0 aliphatic carbocycles. The van der Waals surface area contributed by atoms with Crippen LogP contribution in [-0.4, -0.2) is 63.7 Å². The topological polar surface area (TPSA) is 112 Å². The number of aliphatic hydroxyl groups excluding tert-OH is 1. The number of β-amino-alcohol motifs (C(OH)–C–C–N with tert-alkyl or cyclic N) is 1. The monoisotopic (exact) mass is 565 g/mol. The molecule has 0 bridgehead atoms. The average Bonchev–Trinajstić information content (AvgIpc) is 3.69. The Bertz CT molecular complexity index is 1310. The molecule has 214 valence electrons. The van der Waals surface area contributed by atoms with E-state index in [1.807, 2.05) is 63.5 Å². The number of likely N-dealkylation sites (tertiary alicyclic amines) is 1. The first-order valence-corrected chi connectivity index (χ1v) is 15.1. The van der Waals surface area contributed by atoms with Crippen LogP contribution >= 0.6 is 11.3 Å². The van der Waals surface area contributed by atoms with Gasteiger partial charge in [-0.2, -0.15) is 0 Å². The van der Waals surface area contributed by atoms with Crippen LogP contribution in [0.25, 0.3) is 10.4 Å². The molecule has 2 amide bonds. The minimum atomic E-state index is -0.761. The molecule has 2 saturated heterocycles. The van der Waals surface area contributed by atoms with Crippen LogP contribution in [0.4, 0.5) is 5.82 Å². The first-order valence-electron chi connectivity index (χ1n) is 14.2. The zero-order chi connectivity index (χ0) is 28.4. The van der Waals surface area contributed by atoms with Gasteiger partial charge in [-0.1, -0.05) is 43.3 Å². The van der Waals surface area contributed by atoms with Crippen molar-refractivity contribution in [3.05, 3.63) is 52.9 Å². The largest absolute Gasteiger partial charge is 0.391 e. The van der Waals surface area contributed by atoms with Gasteiger partial charge in [0.25, 0.3) is 0 Å². The Kier molecular flexibility index (Phi) is 8.56. The Hall–Kier alpha value is -3.24. The number of nitrogens with zero attached hydrogens (tertiary/aromatic N) is 4. The summed E-state index contributed by atoms with van der Waals surface area (Å²) < 4.78 is 5.71. The summed E-state index contributed by atoms with van der Waals surface area (Å²) in [5.41, 5.74) is 4.89. The Labute approximate surface area is 239 Å². The Morgan fingerprint density at radius 1 is 1.12 bits per heavy atom. The SMILES string of the molecule is Cc1ncsc1-c1ccc(C(C)NC(=O)C2CC(O)CN2C(=O)C(c2cc(N3CCCCC3)no2)C(C)C)cc1. The number of thiazole rings is 1. The van der Waals surface area contributed by atoms with Gasteiger partial charge in [-0.25, -0.2) is 4.98 Å². The smallest absolute Gasteiger partial charge is 0.243 e. The maximum absolute atomic E-state index is 13.9. The predicted molar refractivity (Wildman–Crippen MR) is 155 cm³/mol. The van der Waals surface area contributed by atoms with Crippen LogP contribution in [0.1, 0.15) is 75.4 Å². The number of carbonyl (C=O) groups excluding carboxylic acids is 2. The van der Waals surface area contributed by atoms with Crippen LogP contribution in [0.2, 0.25) is 0 Å². The maximum atomic E-state index is 13.9. The fraction of sp³-hybridized carbons (Fsp3) is 0.533. The highest BCUT2D eigenvalue weighted by molar-refractivity contribution is 7.13. The molecule has 4 atom stereocenters.